The van der Waals surface area contributed by atoms with Crippen molar-refractivity contribution in [2.24, 2.45) is 0 Å². The molecule has 1 unspecified atom stereocenters. The summed E-state index contributed by atoms with van der Waals surface area (Å²) in [5.41, 5.74) is 3.72. The van der Waals surface area contributed by atoms with Crippen molar-refractivity contribution in [1.82, 2.24) is 10.2 Å². The van der Waals surface area contributed by atoms with Crippen molar-refractivity contribution in [3.63, 3.8) is 0 Å². The highest BCUT2D eigenvalue weighted by Crippen LogP contribution is 2.27. The lowest BCUT2D eigenvalue weighted by Crippen LogP contribution is -2.40. The summed E-state index contributed by atoms with van der Waals surface area (Å²) in [5, 5.41) is 5.55. The van der Waals surface area contributed by atoms with Crippen LogP contribution >= 0.6 is 11.6 Å². The normalized spacial score (nSPS) is 22.4. The van der Waals surface area contributed by atoms with E-state index in [1.807, 2.05) is 0 Å². The number of likely N-dealkylation sites (N-methyl/N-ethyl adjacent to an activating group) is 1. The molecule has 0 bridgehead atoms. The molecule has 1 aliphatic heterocycles. The van der Waals surface area contributed by atoms with E-state index in [1.165, 1.54) is 11.1 Å². The average Bonchev–Trinajstić information content (AvgIpc) is 2.23. The van der Waals surface area contributed by atoms with Crippen molar-refractivity contribution in [1.29, 1.82) is 0 Å². The van der Waals surface area contributed by atoms with Crippen LogP contribution in [-0.2, 0) is 0 Å². The maximum atomic E-state index is 6.11. The first kappa shape index (κ1) is 11.9. The Bertz CT molecular complexity index is 390. The number of halogens is 1. The summed E-state index contributed by atoms with van der Waals surface area (Å²) in [7, 11) is 2.15. The number of nitrogens with zero attached hydrogens (tertiary/aromatic N) is 2. The van der Waals surface area contributed by atoms with Crippen LogP contribution in [0, 0.1) is 13.8 Å². The molecular weight excluding hydrogens is 220 g/mol. The number of aryl methyl sites for hydroxylation is 2. The SMILES string of the molecule is Cc1cc(C2CN(C)CC[N]2)c(C)cc1Cl. The Morgan fingerprint density at radius 3 is 2.75 bits per heavy atom. The second-order valence-electron chi connectivity index (χ2n) is 4.64. The minimum absolute atomic E-state index is 0.315. The van der Waals surface area contributed by atoms with Crippen molar-refractivity contribution in [3.05, 3.63) is 33.8 Å². The number of piperazine rings is 1. The zero-order valence-electron chi connectivity index (χ0n) is 10.1. The summed E-state index contributed by atoms with van der Waals surface area (Å²) in [6, 6.07) is 4.55. The van der Waals surface area contributed by atoms with Gasteiger partial charge in [0.1, 0.15) is 0 Å². The quantitative estimate of drug-likeness (QED) is 0.734. The summed E-state index contributed by atoms with van der Waals surface area (Å²) >= 11 is 6.11. The Labute approximate surface area is 103 Å². The molecule has 3 heteroatoms. The zero-order valence-corrected chi connectivity index (χ0v) is 10.9. The summed E-state index contributed by atoms with van der Waals surface area (Å²) in [4.78, 5) is 2.33. The van der Waals surface area contributed by atoms with Crippen LogP contribution in [0.15, 0.2) is 12.1 Å². The molecule has 0 spiro atoms. The van der Waals surface area contributed by atoms with E-state index in [1.54, 1.807) is 0 Å². The van der Waals surface area contributed by atoms with E-state index in [0.717, 1.165) is 30.2 Å². The van der Waals surface area contributed by atoms with Gasteiger partial charge in [0.05, 0.1) is 6.04 Å². The zero-order chi connectivity index (χ0) is 11.7. The van der Waals surface area contributed by atoms with Crippen molar-refractivity contribution >= 4 is 11.6 Å². The molecule has 0 amide bonds. The van der Waals surface area contributed by atoms with Crippen LogP contribution in [0.25, 0.3) is 0 Å². The predicted molar refractivity (Wildman–Crippen MR) is 68.2 cm³/mol. The van der Waals surface area contributed by atoms with Crippen molar-refractivity contribution in [2.75, 3.05) is 26.7 Å². The van der Waals surface area contributed by atoms with Crippen LogP contribution in [0.5, 0.6) is 0 Å². The lowest BCUT2D eigenvalue weighted by molar-refractivity contribution is 0.236. The van der Waals surface area contributed by atoms with Crippen LogP contribution in [0.2, 0.25) is 5.02 Å². The smallest absolute Gasteiger partial charge is 0.0625 e. The van der Waals surface area contributed by atoms with Gasteiger partial charge in [0.25, 0.3) is 0 Å². The number of hydrogen-bond donors (Lipinski definition) is 0. The van der Waals surface area contributed by atoms with Gasteiger partial charge in [0.15, 0.2) is 0 Å². The molecule has 16 heavy (non-hydrogen) atoms. The number of benzene rings is 1. The van der Waals surface area contributed by atoms with Gasteiger partial charge in [-0.3, -0.25) is 0 Å². The highest BCUT2D eigenvalue weighted by Gasteiger charge is 2.21. The van der Waals surface area contributed by atoms with Gasteiger partial charge in [-0.05, 0) is 43.7 Å². The topological polar surface area (TPSA) is 17.3 Å². The van der Waals surface area contributed by atoms with Gasteiger partial charge in [-0.15, -0.1) is 0 Å². The molecule has 1 fully saturated rings. The molecule has 1 saturated heterocycles. The molecule has 1 radical (unpaired) electrons. The van der Waals surface area contributed by atoms with Gasteiger partial charge in [0, 0.05) is 24.7 Å². The summed E-state index contributed by atoms with van der Waals surface area (Å²) in [6.07, 6.45) is 0. The van der Waals surface area contributed by atoms with Gasteiger partial charge in [-0.2, -0.15) is 0 Å². The standard InChI is InChI=1S/C13H18ClN2/c1-9-7-12(14)10(2)6-11(9)13-8-16(3)5-4-15-13/h6-7,13H,4-5,8H2,1-3H3. The Morgan fingerprint density at radius 1 is 1.31 bits per heavy atom. The van der Waals surface area contributed by atoms with Gasteiger partial charge in [-0.1, -0.05) is 17.7 Å². The number of hydrogen-bond acceptors (Lipinski definition) is 1. The first-order chi connectivity index (χ1) is 7.58. The molecule has 1 aliphatic rings. The highest BCUT2D eigenvalue weighted by atomic mass is 35.5. The first-order valence-corrected chi connectivity index (χ1v) is 6.07. The molecule has 0 N–H and O–H groups in total. The van der Waals surface area contributed by atoms with Crippen LogP contribution in [-0.4, -0.2) is 31.6 Å². The minimum Gasteiger partial charge on any atom is -0.303 e. The highest BCUT2D eigenvalue weighted by molar-refractivity contribution is 6.31. The lowest BCUT2D eigenvalue weighted by atomic mass is 9.97. The monoisotopic (exact) mass is 237 g/mol. The van der Waals surface area contributed by atoms with Crippen molar-refractivity contribution in [2.45, 2.75) is 19.9 Å². The largest absolute Gasteiger partial charge is 0.303 e. The van der Waals surface area contributed by atoms with Crippen LogP contribution in [0.1, 0.15) is 22.7 Å². The molecule has 0 aliphatic carbocycles. The van der Waals surface area contributed by atoms with E-state index < -0.39 is 0 Å². The summed E-state index contributed by atoms with van der Waals surface area (Å²) < 4.78 is 0. The maximum Gasteiger partial charge on any atom is 0.0625 e. The molecule has 0 saturated carbocycles. The molecule has 1 aromatic rings. The van der Waals surface area contributed by atoms with Gasteiger partial charge in [0.2, 0.25) is 0 Å². The Morgan fingerprint density at radius 2 is 2.06 bits per heavy atom. The summed E-state index contributed by atoms with van der Waals surface area (Å²) in [6.45, 7) is 7.19. The molecule has 2 rings (SSSR count). The Balaban J connectivity index is 2.29. The van der Waals surface area contributed by atoms with E-state index >= 15 is 0 Å². The molecule has 2 nitrogen and oxygen atoms in total. The number of rotatable bonds is 1. The fourth-order valence-corrected chi connectivity index (χ4v) is 2.41. The average molecular weight is 238 g/mol. The van der Waals surface area contributed by atoms with Gasteiger partial charge >= 0.3 is 0 Å². The lowest BCUT2D eigenvalue weighted by Gasteiger charge is -2.30. The summed E-state index contributed by atoms with van der Waals surface area (Å²) in [5.74, 6) is 0. The van der Waals surface area contributed by atoms with E-state index in [4.69, 9.17) is 16.9 Å². The molecule has 87 valence electrons. The molecular formula is C13H18ClN2. The predicted octanol–water partition coefficient (Wildman–Crippen LogP) is 2.55. The fraction of sp³-hybridized carbons (Fsp3) is 0.538. The molecule has 1 atom stereocenters. The maximum absolute atomic E-state index is 6.11. The van der Waals surface area contributed by atoms with E-state index in [2.05, 4.69) is 37.9 Å². The third kappa shape index (κ3) is 2.40. The molecule has 0 aromatic heterocycles. The van der Waals surface area contributed by atoms with Crippen molar-refractivity contribution < 1.29 is 0 Å². The Kier molecular flexibility index (Phi) is 3.53. The van der Waals surface area contributed by atoms with Crippen LogP contribution in [0.4, 0.5) is 0 Å². The van der Waals surface area contributed by atoms with E-state index in [9.17, 15) is 0 Å². The molecule has 1 aromatic carbocycles. The molecule has 1 heterocycles. The fourth-order valence-electron chi connectivity index (χ4n) is 2.19. The minimum atomic E-state index is 0.315. The third-order valence-electron chi connectivity index (χ3n) is 3.22. The van der Waals surface area contributed by atoms with E-state index in [0.29, 0.717) is 6.04 Å². The third-order valence-corrected chi connectivity index (χ3v) is 3.63. The van der Waals surface area contributed by atoms with Crippen LogP contribution in [0.3, 0.4) is 0 Å². The second-order valence-corrected chi connectivity index (χ2v) is 5.05. The second kappa shape index (κ2) is 4.74. The first-order valence-electron chi connectivity index (χ1n) is 5.69. The van der Waals surface area contributed by atoms with E-state index in [-0.39, 0.29) is 0 Å². The van der Waals surface area contributed by atoms with Crippen molar-refractivity contribution in [3.8, 4) is 0 Å². The van der Waals surface area contributed by atoms with Crippen LogP contribution < -0.4 is 5.32 Å². The van der Waals surface area contributed by atoms with Gasteiger partial charge < -0.3 is 4.90 Å². The Hall–Kier alpha value is -0.570. The van der Waals surface area contributed by atoms with Gasteiger partial charge in [-0.25, -0.2) is 5.32 Å².